The first-order chi connectivity index (χ1) is 12.4. The summed E-state index contributed by atoms with van der Waals surface area (Å²) in [7, 11) is 0. The molecule has 1 saturated heterocycles. The number of nitrogens with zero attached hydrogens (tertiary/aromatic N) is 2. The van der Waals surface area contributed by atoms with Gasteiger partial charge in [0.25, 0.3) is 5.97 Å². The van der Waals surface area contributed by atoms with Crippen molar-refractivity contribution < 1.29 is 19.8 Å². The van der Waals surface area contributed by atoms with Gasteiger partial charge in [-0.2, -0.15) is 0 Å². The highest BCUT2D eigenvalue weighted by Crippen LogP contribution is 2.34. The van der Waals surface area contributed by atoms with Gasteiger partial charge in [0.1, 0.15) is 6.61 Å². The van der Waals surface area contributed by atoms with Gasteiger partial charge in [-0.05, 0) is 44.4 Å². The molecule has 0 radical (unpaired) electrons. The van der Waals surface area contributed by atoms with Gasteiger partial charge in [0.2, 0.25) is 5.91 Å². The number of carboxylic acid groups (broad SMARTS) is 1. The summed E-state index contributed by atoms with van der Waals surface area (Å²) in [6.07, 6.45) is 10.9. The van der Waals surface area contributed by atoms with E-state index in [1.54, 1.807) is 0 Å². The van der Waals surface area contributed by atoms with Crippen LogP contribution in [0.2, 0.25) is 0 Å². The zero-order valence-corrected chi connectivity index (χ0v) is 16.4. The molecule has 2 N–H and O–H groups in total. The number of carboxylic acids is 1. The van der Waals surface area contributed by atoms with Gasteiger partial charge in [-0.25, -0.2) is 0 Å². The van der Waals surface area contributed by atoms with Gasteiger partial charge in [-0.3, -0.25) is 9.59 Å². The highest BCUT2D eigenvalue weighted by atomic mass is 16.4. The van der Waals surface area contributed by atoms with E-state index in [0.29, 0.717) is 12.1 Å². The number of amides is 1. The number of aliphatic carboxylic acids is 1. The minimum Gasteiger partial charge on any atom is -0.481 e. The number of piperidine rings is 1. The van der Waals surface area contributed by atoms with Crippen molar-refractivity contribution in [3.63, 3.8) is 0 Å². The van der Waals surface area contributed by atoms with E-state index in [9.17, 15) is 9.90 Å². The molecule has 1 amide bonds. The van der Waals surface area contributed by atoms with E-state index >= 15 is 0 Å². The fourth-order valence-corrected chi connectivity index (χ4v) is 4.83. The van der Waals surface area contributed by atoms with Crippen LogP contribution in [0.25, 0.3) is 0 Å². The number of rotatable bonds is 4. The number of hydrogen-bond acceptors (Lipinski definition) is 4. The van der Waals surface area contributed by atoms with Crippen LogP contribution in [0.3, 0.4) is 0 Å². The van der Waals surface area contributed by atoms with Gasteiger partial charge in [0.15, 0.2) is 0 Å². The number of aliphatic hydroxyl groups excluding tert-OH is 1. The third-order valence-corrected chi connectivity index (χ3v) is 6.15. The van der Waals surface area contributed by atoms with E-state index in [-0.39, 0.29) is 12.5 Å². The Bertz CT molecular complexity index is 447. The lowest BCUT2D eigenvalue weighted by Gasteiger charge is -2.48. The summed E-state index contributed by atoms with van der Waals surface area (Å²) in [4.78, 5) is 26.0. The van der Waals surface area contributed by atoms with Crippen molar-refractivity contribution in [1.29, 1.82) is 0 Å². The van der Waals surface area contributed by atoms with E-state index < -0.39 is 5.97 Å². The molecule has 2 saturated carbocycles. The topological polar surface area (TPSA) is 81.1 Å². The fourth-order valence-electron chi connectivity index (χ4n) is 4.83. The molecule has 1 aliphatic heterocycles. The molecule has 26 heavy (non-hydrogen) atoms. The molecule has 3 aliphatic rings. The van der Waals surface area contributed by atoms with E-state index in [4.69, 9.17) is 9.90 Å². The maximum atomic E-state index is 12.3. The average Bonchev–Trinajstić information content (AvgIpc) is 2.60. The summed E-state index contributed by atoms with van der Waals surface area (Å²) in [5, 5.41) is 16.8. The van der Waals surface area contributed by atoms with Gasteiger partial charge in [0, 0.05) is 38.1 Å². The normalized spacial score (nSPS) is 27.8. The second kappa shape index (κ2) is 10.3. The molecule has 0 spiro atoms. The largest absolute Gasteiger partial charge is 0.481 e. The maximum Gasteiger partial charge on any atom is 0.300 e. The molecule has 3 fully saturated rings. The smallest absolute Gasteiger partial charge is 0.300 e. The molecule has 2 aliphatic carbocycles. The predicted molar refractivity (Wildman–Crippen MR) is 101 cm³/mol. The van der Waals surface area contributed by atoms with Gasteiger partial charge in [-0.15, -0.1) is 0 Å². The predicted octanol–water partition coefficient (Wildman–Crippen LogP) is 2.49. The van der Waals surface area contributed by atoms with Gasteiger partial charge in [0.05, 0.1) is 0 Å². The number of carbonyl (C=O) groups excluding carboxylic acids is 1. The molecule has 0 aromatic heterocycles. The number of hydrogen-bond donors (Lipinski definition) is 2. The summed E-state index contributed by atoms with van der Waals surface area (Å²) < 4.78 is 0. The molecule has 0 bridgehead atoms. The van der Waals surface area contributed by atoms with Crippen molar-refractivity contribution in [2.24, 2.45) is 5.92 Å². The Morgan fingerprint density at radius 1 is 1.00 bits per heavy atom. The summed E-state index contributed by atoms with van der Waals surface area (Å²) in [6.45, 7) is 5.36. The van der Waals surface area contributed by atoms with Crippen LogP contribution >= 0.6 is 0 Å². The zero-order valence-electron chi connectivity index (χ0n) is 16.4. The maximum absolute atomic E-state index is 12.3. The first kappa shape index (κ1) is 21.2. The quantitative estimate of drug-likeness (QED) is 0.797. The standard InChI is InChI=1S/C18H32N2O2.C2H4O2/c1-14-11-17(12-14)19-9-7-16(8-10-19)20(18(22)13-21)15-5-3-2-4-6-15;1-2(3)4/h14-17,21H,2-13H2,1H3;1H3,(H,3,4). The molecule has 150 valence electrons. The van der Waals surface area contributed by atoms with Gasteiger partial charge >= 0.3 is 0 Å². The highest BCUT2D eigenvalue weighted by molar-refractivity contribution is 5.78. The molecule has 0 unspecified atom stereocenters. The van der Waals surface area contributed by atoms with E-state index in [2.05, 4.69) is 16.7 Å². The van der Waals surface area contributed by atoms with Crippen LogP contribution in [0.4, 0.5) is 0 Å². The van der Waals surface area contributed by atoms with Crippen LogP contribution in [0.5, 0.6) is 0 Å². The lowest BCUT2D eigenvalue weighted by molar-refractivity contribution is -0.141. The van der Waals surface area contributed by atoms with Crippen molar-refractivity contribution in [3.05, 3.63) is 0 Å². The SMILES string of the molecule is CC(=O)O.CC1CC(N2CCC(N(C(=O)CO)C3CCCCC3)CC2)C1. The van der Waals surface area contributed by atoms with E-state index in [1.165, 1.54) is 32.1 Å². The average molecular weight is 369 g/mol. The van der Waals surface area contributed by atoms with Crippen molar-refractivity contribution in [2.45, 2.75) is 89.8 Å². The van der Waals surface area contributed by atoms with Crippen LogP contribution < -0.4 is 0 Å². The van der Waals surface area contributed by atoms with Gasteiger partial charge in [-0.1, -0.05) is 26.2 Å². The Hall–Kier alpha value is -1.14. The van der Waals surface area contributed by atoms with Gasteiger partial charge < -0.3 is 20.0 Å². The highest BCUT2D eigenvalue weighted by Gasteiger charge is 2.37. The molecule has 6 heteroatoms. The molecule has 0 atom stereocenters. The molecule has 6 nitrogen and oxygen atoms in total. The molecule has 1 heterocycles. The second-order valence-electron chi connectivity index (χ2n) is 8.27. The summed E-state index contributed by atoms with van der Waals surface area (Å²) in [5.41, 5.74) is 0. The van der Waals surface area contributed by atoms with Crippen molar-refractivity contribution in [2.75, 3.05) is 19.7 Å². The number of aliphatic hydroxyl groups is 1. The lowest BCUT2D eigenvalue weighted by atomic mass is 9.80. The molecule has 3 rings (SSSR count). The molecule has 0 aromatic rings. The third-order valence-electron chi connectivity index (χ3n) is 6.15. The van der Waals surface area contributed by atoms with Crippen LogP contribution in [-0.2, 0) is 9.59 Å². The van der Waals surface area contributed by atoms with Crippen molar-refractivity contribution >= 4 is 11.9 Å². The third kappa shape index (κ3) is 5.95. The zero-order chi connectivity index (χ0) is 19.1. The Kier molecular flexibility index (Phi) is 8.35. The number of carbonyl (C=O) groups is 2. The summed E-state index contributed by atoms with van der Waals surface area (Å²) in [5.74, 6) is 0.0278. The minimum atomic E-state index is -0.833. The summed E-state index contributed by atoms with van der Waals surface area (Å²) >= 11 is 0. The first-order valence-corrected chi connectivity index (χ1v) is 10.3. The Labute approximate surface area is 157 Å². The van der Waals surface area contributed by atoms with Crippen LogP contribution in [0.15, 0.2) is 0 Å². The van der Waals surface area contributed by atoms with E-state index in [0.717, 1.165) is 57.7 Å². The molecular formula is C20H36N2O4. The van der Waals surface area contributed by atoms with Crippen LogP contribution in [0.1, 0.15) is 71.6 Å². The molecular weight excluding hydrogens is 332 g/mol. The second-order valence-corrected chi connectivity index (χ2v) is 8.27. The molecule has 0 aromatic carbocycles. The summed E-state index contributed by atoms with van der Waals surface area (Å²) in [6, 6.07) is 1.54. The number of likely N-dealkylation sites (tertiary alicyclic amines) is 1. The first-order valence-electron chi connectivity index (χ1n) is 10.3. The lowest BCUT2D eigenvalue weighted by Crippen LogP contribution is -2.55. The Morgan fingerprint density at radius 2 is 1.50 bits per heavy atom. The monoisotopic (exact) mass is 368 g/mol. The Balaban J connectivity index is 0.000000552. The Morgan fingerprint density at radius 3 is 1.96 bits per heavy atom. The van der Waals surface area contributed by atoms with Crippen molar-refractivity contribution in [1.82, 2.24) is 9.80 Å². The van der Waals surface area contributed by atoms with E-state index in [1.807, 2.05) is 0 Å². The fraction of sp³-hybridized carbons (Fsp3) is 0.900. The van der Waals surface area contributed by atoms with Crippen molar-refractivity contribution in [3.8, 4) is 0 Å². The van der Waals surface area contributed by atoms with Crippen LogP contribution in [0, 0.1) is 5.92 Å². The van der Waals surface area contributed by atoms with Crippen LogP contribution in [-0.4, -0.2) is 69.7 Å². The minimum absolute atomic E-state index is 0.0392.